The Bertz CT molecular complexity index is 439. The third-order valence-electron chi connectivity index (χ3n) is 3.03. The molecular weight excluding hydrogens is 310 g/mol. The summed E-state index contributed by atoms with van der Waals surface area (Å²) < 4.78 is 0.950. The standard InChI is InChI=1S/C14H20BrNO3/c1-8-6-11(15)7-9(2)13(8)14(19)12(18)4-5-16-10(3)17/h6-7,12,14,18-19H,4-5H2,1-3H3,(H,16,17). The quantitative estimate of drug-likeness (QED) is 0.773. The first-order valence-electron chi connectivity index (χ1n) is 6.20. The number of halogens is 1. The summed E-state index contributed by atoms with van der Waals surface area (Å²) in [6, 6.07) is 3.82. The summed E-state index contributed by atoms with van der Waals surface area (Å²) in [6.45, 7) is 5.57. The molecule has 3 N–H and O–H groups in total. The molecule has 0 aliphatic heterocycles. The summed E-state index contributed by atoms with van der Waals surface area (Å²) in [5, 5.41) is 22.8. The number of aryl methyl sites for hydroxylation is 2. The third kappa shape index (κ3) is 4.60. The Morgan fingerprint density at radius 2 is 1.84 bits per heavy atom. The average Bonchev–Trinajstić information content (AvgIpc) is 2.26. The number of benzene rings is 1. The van der Waals surface area contributed by atoms with E-state index in [4.69, 9.17) is 0 Å². The molecular formula is C14H20BrNO3. The molecule has 0 saturated heterocycles. The summed E-state index contributed by atoms with van der Waals surface area (Å²) in [7, 11) is 0. The van der Waals surface area contributed by atoms with Crippen LogP contribution < -0.4 is 5.32 Å². The lowest BCUT2D eigenvalue weighted by atomic mass is 9.94. The van der Waals surface area contributed by atoms with Crippen molar-refractivity contribution in [2.24, 2.45) is 0 Å². The maximum absolute atomic E-state index is 10.8. The molecule has 1 amide bonds. The molecule has 0 saturated carbocycles. The monoisotopic (exact) mass is 329 g/mol. The molecule has 0 spiro atoms. The fourth-order valence-corrected chi connectivity index (χ4v) is 2.82. The molecule has 2 unspecified atom stereocenters. The van der Waals surface area contributed by atoms with Gasteiger partial charge >= 0.3 is 0 Å². The van der Waals surface area contributed by atoms with Crippen LogP contribution in [0.2, 0.25) is 0 Å². The Kier molecular flexibility index (Phi) is 5.97. The molecule has 0 bridgehead atoms. The van der Waals surface area contributed by atoms with Crippen LogP contribution in [0, 0.1) is 13.8 Å². The summed E-state index contributed by atoms with van der Waals surface area (Å²) >= 11 is 3.40. The summed E-state index contributed by atoms with van der Waals surface area (Å²) in [5.41, 5.74) is 2.61. The van der Waals surface area contributed by atoms with Gasteiger partial charge in [-0.05, 0) is 49.1 Å². The number of amides is 1. The van der Waals surface area contributed by atoms with Crippen LogP contribution in [0.25, 0.3) is 0 Å². The lowest BCUT2D eigenvalue weighted by Gasteiger charge is -2.22. The minimum absolute atomic E-state index is 0.141. The SMILES string of the molecule is CC(=O)NCCC(O)C(O)c1c(C)cc(Br)cc1C. The van der Waals surface area contributed by atoms with Crippen molar-refractivity contribution in [2.75, 3.05) is 6.54 Å². The van der Waals surface area contributed by atoms with Crippen LogP contribution in [0.3, 0.4) is 0 Å². The highest BCUT2D eigenvalue weighted by atomic mass is 79.9. The Morgan fingerprint density at radius 1 is 1.32 bits per heavy atom. The number of hydrogen-bond donors (Lipinski definition) is 3. The van der Waals surface area contributed by atoms with E-state index >= 15 is 0 Å². The molecule has 0 aliphatic carbocycles. The van der Waals surface area contributed by atoms with E-state index in [0.717, 1.165) is 21.2 Å². The van der Waals surface area contributed by atoms with Gasteiger partial charge < -0.3 is 15.5 Å². The number of carbonyl (C=O) groups is 1. The second-order valence-electron chi connectivity index (χ2n) is 4.74. The molecule has 0 radical (unpaired) electrons. The van der Waals surface area contributed by atoms with Gasteiger partial charge in [-0.3, -0.25) is 4.79 Å². The van der Waals surface area contributed by atoms with E-state index in [-0.39, 0.29) is 5.91 Å². The van der Waals surface area contributed by atoms with Crippen molar-refractivity contribution in [3.63, 3.8) is 0 Å². The van der Waals surface area contributed by atoms with Crippen LogP contribution in [0.1, 0.15) is 36.1 Å². The number of hydrogen-bond acceptors (Lipinski definition) is 3. The predicted octanol–water partition coefficient (Wildman–Crippen LogP) is 1.99. The van der Waals surface area contributed by atoms with Gasteiger partial charge in [0, 0.05) is 17.9 Å². The summed E-state index contributed by atoms with van der Waals surface area (Å²) in [6.07, 6.45) is -1.53. The van der Waals surface area contributed by atoms with Crippen molar-refractivity contribution in [3.05, 3.63) is 33.3 Å². The first-order chi connectivity index (χ1) is 8.82. The Balaban J connectivity index is 2.76. The zero-order valence-electron chi connectivity index (χ0n) is 11.4. The molecule has 2 atom stereocenters. The van der Waals surface area contributed by atoms with Gasteiger partial charge in [0.2, 0.25) is 5.91 Å². The van der Waals surface area contributed by atoms with Crippen LogP contribution in [0.5, 0.6) is 0 Å². The van der Waals surface area contributed by atoms with Gasteiger partial charge in [-0.15, -0.1) is 0 Å². The Morgan fingerprint density at radius 3 is 2.32 bits per heavy atom. The first-order valence-corrected chi connectivity index (χ1v) is 6.99. The van der Waals surface area contributed by atoms with E-state index in [0.29, 0.717) is 13.0 Å². The molecule has 1 rings (SSSR count). The van der Waals surface area contributed by atoms with Crippen LogP contribution in [0.4, 0.5) is 0 Å². The minimum atomic E-state index is -0.943. The smallest absolute Gasteiger partial charge is 0.216 e. The molecule has 19 heavy (non-hydrogen) atoms. The highest BCUT2D eigenvalue weighted by Gasteiger charge is 2.21. The van der Waals surface area contributed by atoms with E-state index < -0.39 is 12.2 Å². The van der Waals surface area contributed by atoms with Crippen LogP contribution >= 0.6 is 15.9 Å². The van der Waals surface area contributed by atoms with Gasteiger partial charge in [-0.2, -0.15) is 0 Å². The fraction of sp³-hybridized carbons (Fsp3) is 0.500. The van der Waals surface area contributed by atoms with Crippen molar-refractivity contribution in [3.8, 4) is 0 Å². The number of aliphatic hydroxyl groups is 2. The van der Waals surface area contributed by atoms with E-state index in [1.807, 2.05) is 26.0 Å². The van der Waals surface area contributed by atoms with Gasteiger partial charge in [-0.25, -0.2) is 0 Å². The molecule has 0 aromatic heterocycles. The number of rotatable bonds is 5. The molecule has 5 heteroatoms. The van der Waals surface area contributed by atoms with Gasteiger partial charge in [-0.1, -0.05) is 15.9 Å². The summed E-state index contributed by atoms with van der Waals surface area (Å²) in [5.74, 6) is -0.141. The van der Waals surface area contributed by atoms with Gasteiger partial charge in [0.15, 0.2) is 0 Å². The first kappa shape index (κ1) is 16.1. The third-order valence-corrected chi connectivity index (χ3v) is 3.49. The van der Waals surface area contributed by atoms with Crippen molar-refractivity contribution < 1.29 is 15.0 Å². The Labute approximate surface area is 122 Å². The lowest BCUT2D eigenvalue weighted by Crippen LogP contribution is -2.28. The van der Waals surface area contributed by atoms with E-state index in [1.165, 1.54) is 6.92 Å². The van der Waals surface area contributed by atoms with Gasteiger partial charge in [0.25, 0.3) is 0 Å². The molecule has 0 fully saturated rings. The molecule has 4 nitrogen and oxygen atoms in total. The van der Waals surface area contributed by atoms with E-state index in [1.54, 1.807) is 0 Å². The number of carbonyl (C=O) groups excluding carboxylic acids is 1. The zero-order chi connectivity index (χ0) is 14.6. The zero-order valence-corrected chi connectivity index (χ0v) is 13.0. The topological polar surface area (TPSA) is 69.6 Å². The second kappa shape index (κ2) is 7.03. The van der Waals surface area contributed by atoms with Crippen molar-refractivity contribution in [1.82, 2.24) is 5.32 Å². The molecule has 1 aromatic rings. The Hall–Kier alpha value is -0.910. The van der Waals surface area contributed by atoms with Crippen LogP contribution in [-0.2, 0) is 4.79 Å². The molecule has 0 aliphatic rings. The number of aliphatic hydroxyl groups excluding tert-OH is 2. The average molecular weight is 330 g/mol. The van der Waals surface area contributed by atoms with Crippen LogP contribution in [0.15, 0.2) is 16.6 Å². The molecule has 106 valence electrons. The lowest BCUT2D eigenvalue weighted by molar-refractivity contribution is -0.119. The predicted molar refractivity (Wildman–Crippen MR) is 77.9 cm³/mol. The maximum Gasteiger partial charge on any atom is 0.216 e. The highest BCUT2D eigenvalue weighted by molar-refractivity contribution is 9.10. The van der Waals surface area contributed by atoms with Crippen molar-refractivity contribution in [2.45, 2.75) is 39.4 Å². The van der Waals surface area contributed by atoms with Crippen molar-refractivity contribution >= 4 is 21.8 Å². The minimum Gasteiger partial charge on any atom is -0.390 e. The van der Waals surface area contributed by atoms with Crippen molar-refractivity contribution in [1.29, 1.82) is 0 Å². The largest absolute Gasteiger partial charge is 0.390 e. The van der Waals surface area contributed by atoms with Gasteiger partial charge in [0.1, 0.15) is 6.10 Å². The second-order valence-corrected chi connectivity index (χ2v) is 5.65. The van der Waals surface area contributed by atoms with Gasteiger partial charge in [0.05, 0.1) is 6.10 Å². The highest BCUT2D eigenvalue weighted by Crippen LogP contribution is 2.28. The molecule has 1 aromatic carbocycles. The number of nitrogens with one attached hydrogen (secondary N) is 1. The van der Waals surface area contributed by atoms with E-state index in [9.17, 15) is 15.0 Å². The fourth-order valence-electron chi connectivity index (χ4n) is 2.13. The summed E-state index contributed by atoms with van der Waals surface area (Å²) in [4.78, 5) is 10.8. The van der Waals surface area contributed by atoms with E-state index in [2.05, 4.69) is 21.2 Å². The normalized spacial score (nSPS) is 14.0. The van der Waals surface area contributed by atoms with Crippen LogP contribution in [-0.4, -0.2) is 28.8 Å². The molecule has 0 heterocycles. The maximum atomic E-state index is 10.8.